The Bertz CT molecular complexity index is 1400. The number of rotatable bonds is 12. The first-order chi connectivity index (χ1) is 19.7. The zero-order valence-electron chi connectivity index (χ0n) is 23.5. The van der Waals surface area contributed by atoms with Crippen molar-refractivity contribution in [3.05, 3.63) is 47.5 Å². The van der Waals surface area contributed by atoms with Gasteiger partial charge in [-0.25, -0.2) is 4.79 Å². The second kappa shape index (κ2) is 14.9. The van der Waals surface area contributed by atoms with Crippen LogP contribution in [0.1, 0.15) is 68.2 Å². The highest BCUT2D eigenvalue weighted by atomic mass is 16.6. The summed E-state index contributed by atoms with van der Waals surface area (Å²) in [6, 6.07) is 5.55. The fourth-order valence-corrected chi connectivity index (χ4v) is 3.69. The molecule has 0 bridgehead atoms. The molecule has 3 N–H and O–H groups in total. The lowest BCUT2D eigenvalue weighted by Crippen LogP contribution is -2.46. The summed E-state index contributed by atoms with van der Waals surface area (Å²) in [6.07, 6.45) is -0.0685. The van der Waals surface area contributed by atoms with Crippen LogP contribution in [0.15, 0.2) is 36.4 Å². The van der Waals surface area contributed by atoms with Gasteiger partial charge in [-0.1, -0.05) is 19.1 Å². The van der Waals surface area contributed by atoms with Crippen LogP contribution in [-0.2, 0) is 24.0 Å². The highest BCUT2D eigenvalue weighted by molar-refractivity contribution is 6.01. The molecule has 0 heterocycles. The third-order valence-corrected chi connectivity index (χ3v) is 5.40. The number of benzene rings is 2. The molecular formula is C28H30N2O12. The highest BCUT2D eigenvalue weighted by Crippen LogP contribution is 2.33. The molecule has 0 aliphatic heterocycles. The number of carboxylic acids is 1. The Morgan fingerprint density at radius 1 is 0.667 bits per heavy atom. The average molecular weight is 587 g/mol. The van der Waals surface area contributed by atoms with E-state index in [-0.39, 0.29) is 47.0 Å². The summed E-state index contributed by atoms with van der Waals surface area (Å²) >= 11 is 0. The standard InChI is InChI=1S/C28H30N2O12/c1-6-18(29-26(35)19-9-7-11-22(39-14(2)31)24(19)41-16(4)33)13-21(28(37)38)30-27(36)20-10-8-12-23(40-15(3)32)25(20)42-17(5)34/h7-12,18,21H,6,13H2,1-5H3,(H,29,35)(H,30,36)(H,37,38)/t18?,21-/m0/s1. The number of esters is 4. The van der Waals surface area contributed by atoms with Gasteiger partial charge < -0.3 is 34.7 Å². The van der Waals surface area contributed by atoms with E-state index in [2.05, 4.69) is 10.6 Å². The van der Waals surface area contributed by atoms with Gasteiger partial charge in [0, 0.05) is 33.7 Å². The molecule has 0 aliphatic carbocycles. The second-order valence-corrected chi connectivity index (χ2v) is 8.82. The minimum Gasteiger partial charge on any atom is -0.480 e. The molecular weight excluding hydrogens is 556 g/mol. The van der Waals surface area contributed by atoms with Crippen molar-refractivity contribution in [2.45, 2.75) is 59.5 Å². The monoisotopic (exact) mass is 586 g/mol. The second-order valence-electron chi connectivity index (χ2n) is 8.82. The maximum absolute atomic E-state index is 13.2. The Balaban J connectivity index is 2.32. The minimum absolute atomic E-state index is 0.161. The largest absolute Gasteiger partial charge is 0.480 e. The van der Waals surface area contributed by atoms with Gasteiger partial charge in [-0.3, -0.25) is 28.8 Å². The van der Waals surface area contributed by atoms with E-state index < -0.39 is 53.7 Å². The first kappa shape index (κ1) is 32.9. The van der Waals surface area contributed by atoms with Crippen LogP contribution in [0, 0.1) is 0 Å². The van der Waals surface area contributed by atoms with Gasteiger partial charge in [0.05, 0.1) is 11.1 Å². The van der Waals surface area contributed by atoms with Crippen LogP contribution < -0.4 is 29.6 Å². The lowest BCUT2D eigenvalue weighted by atomic mass is 10.0. The number of ether oxygens (including phenoxy) is 4. The number of carbonyl (C=O) groups is 7. The van der Waals surface area contributed by atoms with Crippen LogP contribution in [0.25, 0.3) is 0 Å². The Morgan fingerprint density at radius 2 is 1.07 bits per heavy atom. The van der Waals surface area contributed by atoms with Crippen LogP contribution in [0.3, 0.4) is 0 Å². The summed E-state index contributed by atoms with van der Waals surface area (Å²) in [5.41, 5.74) is -0.438. The van der Waals surface area contributed by atoms with E-state index in [9.17, 15) is 38.7 Å². The van der Waals surface area contributed by atoms with Crippen molar-refractivity contribution in [2.75, 3.05) is 0 Å². The van der Waals surface area contributed by atoms with Crippen molar-refractivity contribution in [2.24, 2.45) is 0 Å². The van der Waals surface area contributed by atoms with Crippen molar-refractivity contribution in [1.82, 2.24) is 10.6 Å². The number of hydrogen-bond acceptors (Lipinski definition) is 11. The lowest BCUT2D eigenvalue weighted by Gasteiger charge is -2.23. The number of amides is 2. The van der Waals surface area contributed by atoms with Gasteiger partial charge in [-0.05, 0) is 37.1 Å². The Hall–Kier alpha value is -5.27. The van der Waals surface area contributed by atoms with Gasteiger partial charge in [0.25, 0.3) is 11.8 Å². The molecule has 0 saturated carbocycles. The zero-order chi connectivity index (χ0) is 31.6. The van der Waals surface area contributed by atoms with Gasteiger partial charge in [0.15, 0.2) is 23.0 Å². The quantitative estimate of drug-likeness (QED) is 0.242. The summed E-state index contributed by atoms with van der Waals surface area (Å²) in [5.74, 6) is -7.32. The molecule has 14 nitrogen and oxygen atoms in total. The normalized spacial score (nSPS) is 11.7. The molecule has 2 rings (SSSR count). The van der Waals surface area contributed by atoms with Crippen LogP contribution >= 0.6 is 0 Å². The maximum atomic E-state index is 13.2. The van der Waals surface area contributed by atoms with Crippen molar-refractivity contribution in [1.29, 1.82) is 0 Å². The molecule has 0 radical (unpaired) electrons. The van der Waals surface area contributed by atoms with Gasteiger partial charge in [0.2, 0.25) is 0 Å². The number of carboxylic acid groups (broad SMARTS) is 1. The number of aliphatic carboxylic acids is 1. The molecule has 2 aromatic carbocycles. The fourth-order valence-electron chi connectivity index (χ4n) is 3.69. The van der Waals surface area contributed by atoms with Crippen molar-refractivity contribution in [3.8, 4) is 23.0 Å². The Labute approximate surface area is 240 Å². The summed E-state index contributed by atoms with van der Waals surface area (Å²) in [7, 11) is 0. The predicted molar refractivity (Wildman–Crippen MR) is 143 cm³/mol. The number of para-hydroxylation sites is 2. The van der Waals surface area contributed by atoms with Gasteiger partial charge in [-0.2, -0.15) is 0 Å². The molecule has 0 spiro atoms. The summed E-state index contributed by atoms with van der Waals surface area (Å²) in [6.45, 7) is 6.05. The third kappa shape index (κ3) is 9.43. The molecule has 0 aromatic heterocycles. The van der Waals surface area contributed by atoms with Gasteiger partial charge in [-0.15, -0.1) is 0 Å². The van der Waals surface area contributed by atoms with Crippen LogP contribution in [0.4, 0.5) is 0 Å². The summed E-state index contributed by atoms with van der Waals surface area (Å²) < 4.78 is 20.2. The fraction of sp³-hybridized carbons (Fsp3) is 0.321. The highest BCUT2D eigenvalue weighted by Gasteiger charge is 2.29. The van der Waals surface area contributed by atoms with Gasteiger partial charge >= 0.3 is 29.8 Å². The molecule has 1 unspecified atom stereocenters. The predicted octanol–water partition coefficient (Wildman–Crippen LogP) is 2.17. The average Bonchev–Trinajstić information content (AvgIpc) is 2.88. The van der Waals surface area contributed by atoms with Gasteiger partial charge in [0.1, 0.15) is 6.04 Å². The molecule has 224 valence electrons. The summed E-state index contributed by atoms with van der Waals surface area (Å²) in [5, 5.41) is 14.8. The van der Waals surface area contributed by atoms with Crippen molar-refractivity contribution < 1.29 is 57.6 Å². The van der Waals surface area contributed by atoms with E-state index in [1.165, 1.54) is 36.4 Å². The zero-order valence-corrected chi connectivity index (χ0v) is 23.5. The lowest BCUT2D eigenvalue weighted by molar-refractivity contribution is -0.139. The molecule has 0 fully saturated rings. The van der Waals surface area contributed by atoms with Crippen LogP contribution in [0.2, 0.25) is 0 Å². The Morgan fingerprint density at radius 3 is 1.43 bits per heavy atom. The van der Waals surface area contributed by atoms with Crippen LogP contribution in [-0.4, -0.2) is 58.9 Å². The van der Waals surface area contributed by atoms with Crippen molar-refractivity contribution >= 4 is 41.7 Å². The number of carbonyl (C=O) groups excluding carboxylic acids is 6. The van der Waals surface area contributed by atoms with Crippen molar-refractivity contribution in [3.63, 3.8) is 0 Å². The molecule has 42 heavy (non-hydrogen) atoms. The molecule has 14 heteroatoms. The van der Waals surface area contributed by atoms with E-state index >= 15 is 0 Å². The van der Waals surface area contributed by atoms with E-state index in [0.29, 0.717) is 0 Å². The van der Waals surface area contributed by atoms with E-state index in [0.717, 1.165) is 27.7 Å². The number of nitrogens with one attached hydrogen (secondary N) is 2. The molecule has 2 atom stereocenters. The van der Waals surface area contributed by atoms with Crippen LogP contribution in [0.5, 0.6) is 23.0 Å². The SMILES string of the molecule is CCC(C[C@H](NC(=O)c1cccc(OC(C)=O)c1OC(C)=O)C(=O)O)NC(=O)c1cccc(OC(C)=O)c1OC(C)=O. The first-order valence-corrected chi connectivity index (χ1v) is 12.6. The topological polar surface area (TPSA) is 201 Å². The van der Waals surface area contributed by atoms with E-state index in [1.807, 2.05) is 0 Å². The molecule has 2 aromatic rings. The first-order valence-electron chi connectivity index (χ1n) is 12.6. The van der Waals surface area contributed by atoms with E-state index in [1.54, 1.807) is 6.92 Å². The minimum atomic E-state index is -1.54. The maximum Gasteiger partial charge on any atom is 0.326 e. The molecule has 2 amide bonds. The Kier molecular flexibility index (Phi) is 11.7. The smallest absolute Gasteiger partial charge is 0.326 e. The molecule has 0 saturated heterocycles. The third-order valence-electron chi connectivity index (χ3n) is 5.40. The number of hydrogen-bond donors (Lipinski definition) is 3. The van der Waals surface area contributed by atoms with E-state index in [4.69, 9.17) is 18.9 Å². The molecule has 0 aliphatic rings. The summed E-state index contributed by atoms with van der Waals surface area (Å²) in [4.78, 5) is 84.6.